The second kappa shape index (κ2) is 11.9. The molecule has 0 saturated heterocycles. The van der Waals surface area contributed by atoms with E-state index in [4.69, 9.17) is 21.3 Å². The molecular formula is C22H28ClIN6O. The average molecular weight is 555 g/mol. The summed E-state index contributed by atoms with van der Waals surface area (Å²) in [6.45, 7) is 5.03. The van der Waals surface area contributed by atoms with E-state index in [1.807, 2.05) is 67.1 Å². The van der Waals surface area contributed by atoms with Crippen molar-refractivity contribution in [1.82, 2.24) is 25.4 Å². The number of rotatable bonds is 7. The van der Waals surface area contributed by atoms with E-state index in [-0.39, 0.29) is 30.0 Å². The second-order valence-electron chi connectivity index (χ2n) is 7.01. The van der Waals surface area contributed by atoms with Crippen molar-refractivity contribution in [3.05, 3.63) is 76.3 Å². The highest BCUT2D eigenvalue weighted by molar-refractivity contribution is 14.0. The second-order valence-corrected chi connectivity index (χ2v) is 7.45. The summed E-state index contributed by atoms with van der Waals surface area (Å²) in [5.74, 6) is 3.20. The Bertz CT molecular complexity index is 1010. The van der Waals surface area contributed by atoms with Gasteiger partial charge in [-0.2, -0.15) is 0 Å². The molecule has 0 aliphatic heterocycles. The first-order valence-corrected chi connectivity index (χ1v) is 10.1. The van der Waals surface area contributed by atoms with Crippen LogP contribution in [0.4, 0.5) is 0 Å². The van der Waals surface area contributed by atoms with Crippen LogP contribution in [0.15, 0.2) is 53.5 Å². The van der Waals surface area contributed by atoms with Gasteiger partial charge in [-0.25, -0.2) is 4.99 Å². The fraction of sp³-hybridized carbons (Fsp3) is 0.318. The van der Waals surface area contributed by atoms with Gasteiger partial charge < -0.3 is 19.9 Å². The Kier molecular flexibility index (Phi) is 9.57. The van der Waals surface area contributed by atoms with Gasteiger partial charge in [-0.3, -0.25) is 0 Å². The number of benzene rings is 2. The first-order chi connectivity index (χ1) is 14.5. The van der Waals surface area contributed by atoms with Crippen molar-refractivity contribution in [2.75, 3.05) is 7.11 Å². The normalized spacial score (nSPS) is 12.1. The largest absolute Gasteiger partial charge is 0.497 e. The lowest BCUT2D eigenvalue weighted by molar-refractivity contribution is 0.414. The zero-order valence-electron chi connectivity index (χ0n) is 18.1. The lowest BCUT2D eigenvalue weighted by atomic mass is 10.1. The molecule has 0 bridgehead atoms. The zero-order valence-corrected chi connectivity index (χ0v) is 21.2. The molecule has 0 aliphatic rings. The van der Waals surface area contributed by atoms with Crippen LogP contribution in [0, 0.1) is 6.92 Å². The molecule has 0 spiro atoms. The molecule has 0 aliphatic carbocycles. The van der Waals surface area contributed by atoms with Crippen LogP contribution in [-0.2, 0) is 20.1 Å². The van der Waals surface area contributed by atoms with E-state index in [1.54, 1.807) is 7.11 Å². The van der Waals surface area contributed by atoms with Crippen LogP contribution in [0.2, 0.25) is 5.02 Å². The standard InChI is InChI=1S/C22H27ClN6O.HI/c1-15(18-6-5-7-19(23)12-18)26-22(25-14-21-28-27-16(2)29(21)3)24-13-17-8-10-20(30-4)11-9-17;/h5-12,15H,13-14H2,1-4H3,(H2,24,25,26);1H. The number of ether oxygens (including phenoxy) is 1. The van der Waals surface area contributed by atoms with E-state index in [0.29, 0.717) is 24.1 Å². The van der Waals surface area contributed by atoms with E-state index >= 15 is 0 Å². The number of nitrogens with one attached hydrogen (secondary N) is 2. The number of nitrogens with zero attached hydrogens (tertiary/aromatic N) is 4. The molecule has 1 aromatic heterocycles. The predicted octanol–water partition coefficient (Wildman–Crippen LogP) is 4.40. The van der Waals surface area contributed by atoms with Crippen LogP contribution in [0.5, 0.6) is 5.75 Å². The molecule has 9 heteroatoms. The Morgan fingerprint density at radius 1 is 1.19 bits per heavy atom. The molecule has 0 radical (unpaired) electrons. The number of aliphatic imine (C=N–C) groups is 1. The molecule has 2 aromatic carbocycles. The van der Waals surface area contributed by atoms with Crippen molar-refractivity contribution in [2.45, 2.75) is 33.0 Å². The van der Waals surface area contributed by atoms with Crippen molar-refractivity contribution in [3.8, 4) is 5.75 Å². The van der Waals surface area contributed by atoms with Crippen LogP contribution in [0.25, 0.3) is 0 Å². The van der Waals surface area contributed by atoms with Crippen molar-refractivity contribution in [2.24, 2.45) is 12.0 Å². The number of hydrogen-bond acceptors (Lipinski definition) is 4. The lowest BCUT2D eigenvalue weighted by Gasteiger charge is -2.19. The summed E-state index contributed by atoms with van der Waals surface area (Å²) in [4.78, 5) is 4.75. The van der Waals surface area contributed by atoms with Gasteiger partial charge >= 0.3 is 0 Å². The van der Waals surface area contributed by atoms with Crippen LogP contribution < -0.4 is 15.4 Å². The van der Waals surface area contributed by atoms with Crippen molar-refractivity contribution in [1.29, 1.82) is 0 Å². The Labute approximate surface area is 205 Å². The summed E-state index contributed by atoms with van der Waals surface area (Å²) in [7, 11) is 3.60. The predicted molar refractivity (Wildman–Crippen MR) is 135 cm³/mol. The number of aryl methyl sites for hydroxylation is 1. The first kappa shape index (κ1) is 24.9. The Hall–Kier alpha value is -2.33. The molecule has 3 aromatic rings. The van der Waals surface area contributed by atoms with E-state index in [1.165, 1.54) is 0 Å². The third-order valence-corrected chi connectivity index (χ3v) is 5.11. The summed E-state index contributed by atoms with van der Waals surface area (Å²) in [6, 6.07) is 15.7. The van der Waals surface area contributed by atoms with Gasteiger partial charge in [-0.05, 0) is 49.2 Å². The Morgan fingerprint density at radius 3 is 2.55 bits per heavy atom. The molecule has 0 fully saturated rings. The highest BCUT2D eigenvalue weighted by Gasteiger charge is 2.11. The number of hydrogen-bond donors (Lipinski definition) is 2. The number of aromatic nitrogens is 3. The van der Waals surface area contributed by atoms with Gasteiger partial charge in [0.25, 0.3) is 0 Å². The Morgan fingerprint density at radius 2 is 1.94 bits per heavy atom. The highest BCUT2D eigenvalue weighted by atomic mass is 127. The quantitative estimate of drug-likeness (QED) is 0.257. The molecule has 166 valence electrons. The van der Waals surface area contributed by atoms with Gasteiger partial charge in [0.1, 0.15) is 11.6 Å². The minimum absolute atomic E-state index is 0. The van der Waals surface area contributed by atoms with Gasteiger partial charge in [0.05, 0.1) is 26.2 Å². The van der Waals surface area contributed by atoms with E-state index in [2.05, 4.69) is 27.8 Å². The van der Waals surface area contributed by atoms with Gasteiger partial charge in [-0.1, -0.05) is 35.9 Å². The minimum Gasteiger partial charge on any atom is -0.497 e. The molecule has 1 unspecified atom stereocenters. The van der Waals surface area contributed by atoms with Crippen LogP contribution in [-0.4, -0.2) is 27.8 Å². The smallest absolute Gasteiger partial charge is 0.192 e. The SMILES string of the molecule is COc1ccc(CN=C(NCc2nnc(C)n2C)NC(C)c2cccc(Cl)c2)cc1.I. The minimum atomic E-state index is 0. The van der Waals surface area contributed by atoms with Gasteiger partial charge in [0.15, 0.2) is 11.8 Å². The molecule has 1 atom stereocenters. The summed E-state index contributed by atoms with van der Waals surface area (Å²) in [5.41, 5.74) is 2.16. The molecule has 31 heavy (non-hydrogen) atoms. The lowest BCUT2D eigenvalue weighted by Crippen LogP contribution is -2.39. The third kappa shape index (κ3) is 7.10. The van der Waals surface area contributed by atoms with Crippen molar-refractivity contribution in [3.63, 3.8) is 0 Å². The number of guanidine groups is 1. The van der Waals surface area contributed by atoms with Crippen LogP contribution >= 0.6 is 35.6 Å². The number of methoxy groups -OCH3 is 1. The summed E-state index contributed by atoms with van der Waals surface area (Å²) < 4.78 is 7.17. The van der Waals surface area contributed by atoms with Crippen molar-refractivity contribution >= 4 is 41.5 Å². The van der Waals surface area contributed by atoms with Crippen LogP contribution in [0.1, 0.15) is 35.7 Å². The average Bonchev–Trinajstić information content (AvgIpc) is 3.08. The van der Waals surface area contributed by atoms with Gasteiger partial charge in [0, 0.05) is 12.1 Å². The first-order valence-electron chi connectivity index (χ1n) is 9.74. The van der Waals surface area contributed by atoms with Gasteiger partial charge in [0.2, 0.25) is 0 Å². The maximum absolute atomic E-state index is 6.15. The van der Waals surface area contributed by atoms with Crippen molar-refractivity contribution < 1.29 is 4.74 Å². The van der Waals surface area contributed by atoms with Crippen LogP contribution in [0.3, 0.4) is 0 Å². The van der Waals surface area contributed by atoms with Gasteiger partial charge in [-0.15, -0.1) is 34.2 Å². The molecule has 2 N–H and O–H groups in total. The zero-order chi connectivity index (χ0) is 21.5. The van der Waals surface area contributed by atoms with E-state index in [0.717, 1.165) is 28.5 Å². The molecule has 3 rings (SSSR count). The summed E-state index contributed by atoms with van der Waals surface area (Å²) >= 11 is 6.15. The molecular weight excluding hydrogens is 527 g/mol. The monoisotopic (exact) mass is 554 g/mol. The maximum Gasteiger partial charge on any atom is 0.192 e. The third-order valence-electron chi connectivity index (χ3n) is 4.88. The number of halogens is 2. The topological polar surface area (TPSA) is 76.4 Å². The highest BCUT2D eigenvalue weighted by Crippen LogP contribution is 2.17. The summed E-state index contributed by atoms with van der Waals surface area (Å²) in [5, 5.41) is 15.8. The van der Waals surface area contributed by atoms with E-state index in [9.17, 15) is 0 Å². The molecule has 0 saturated carbocycles. The fourth-order valence-electron chi connectivity index (χ4n) is 2.89. The molecule has 7 nitrogen and oxygen atoms in total. The maximum atomic E-state index is 6.15. The van der Waals surface area contributed by atoms with E-state index < -0.39 is 0 Å². The molecule has 1 heterocycles. The molecule has 0 amide bonds. The Balaban J connectivity index is 0.00000341. The fourth-order valence-corrected chi connectivity index (χ4v) is 3.08. The summed E-state index contributed by atoms with van der Waals surface area (Å²) in [6.07, 6.45) is 0.